The van der Waals surface area contributed by atoms with Crippen LogP contribution in [0.25, 0.3) is 88.4 Å². The van der Waals surface area contributed by atoms with E-state index in [1.807, 2.05) is 0 Å². The Labute approximate surface area is 313 Å². The molecule has 2 aliphatic rings. The molecular formula is C52H43N. The summed E-state index contributed by atoms with van der Waals surface area (Å²) in [6.45, 7) is 4.66. The Kier molecular flexibility index (Phi) is 7.65. The molecule has 0 amide bonds. The third-order valence-corrected chi connectivity index (χ3v) is 12.3. The van der Waals surface area contributed by atoms with Crippen LogP contribution in [-0.2, 0) is 5.41 Å². The van der Waals surface area contributed by atoms with Gasteiger partial charge < -0.3 is 0 Å². The minimum absolute atomic E-state index is 0.0496. The molecule has 0 spiro atoms. The summed E-state index contributed by atoms with van der Waals surface area (Å²) >= 11 is 0. The monoisotopic (exact) mass is 681 g/mol. The minimum Gasteiger partial charge on any atom is -0.256 e. The Morgan fingerprint density at radius 1 is 0.434 bits per heavy atom. The first kappa shape index (κ1) is 31.9. The highest BCUT2D eigenvalue weighted by Crippen LogP contribution is 2.60. The first-order valence-electron chi connectivity index (χ1n) is 19.6. The topological polar surface area (TPSA) is 12.9 Å². The average molecular weight is 682 g/mol. The number of hydrogen-bond donors (Lipinski definition) is 0. The number of rotatable bonds is 9. The molecule has 0 fully saturated rings. The van der Waals surface area contributed by atoms with Gasteiger partial charge in [0.1, 0.15) is 0 Å². The van der Waals surface area contributed by atoms with E-state index in [0.29, 0.717) is 0 Å². The molecule has 1 heterocycles. The quantitative estimate of drug-likeness (QED) is 0.148. The maximum absolute atomic E-state index is 5.18. The van der Waals surface area contributed by atoms with Gasteiger partial charge >= 0.3 is 0 Å². The van der Waals surface area contributed by atoms with Gasteiger partial charge in [-0.1, -0.05) is 179 Å². The highest BCUT2D eigenvalue weighted by molar-refractivity contribution is 6.28. The van der Waals surface area contributed by atoms with E-state index in [-0.39, 0.29) is 5.41 Å². The molecule has 0 saturated carbocycles. The third kappa shape index (κ3) is 4.66. The van der Waals surface area contributed by atoms with Gasteiger partial charge in [0.15, 0.2) is 0 Å². The Morgan fingerprint density at radius 3 is 1.60 bits per heavy atom. The second kappa shape index (κ2) is 12.7. The van der Waals surface area contributed by atoms with Crippen LogP contribution in [0.2, 0.25) is 0 Å². The van der Waals surface area contributed by atoms with E-state index < -0.39 is 0 Å². The van der Waals surface area contributed by atoms with E-state index >= 15 is 0 Å². The van der Waals surface area contributed by atoms with Crippen molar-refractivity contribution in [2.24, 2.45) is 0 Å². The number of benzene rings is 7. The molecule has 0 atom stereocenters. The smallest absolute Gasteiger partial charge is 0.0752 e. The maximum atomic E-state index is 5.18. The van der Waals surface area contributed by atoms with Crippen LogP contribution in [0.5, 0.6) is 0 Å². The second-order valence-electron chi connectivity index (χ2n) is 15.1. The van der Waals surface area contributed by atoms with E-state index in [0.717, 1.165) is 12.8 Å². The first-order valence-corrected chi connectivity index (χ1v) is 19.6. The zero-order valence-electron chi connectivity index (χ0n) is 30.6. The number of nitrogens with zero attached hydrogens (tertiary/aromatic N) is 1. The van der Waals surface area contributed by atoms with Gasteiger partial charge in [0.05, 0.1) is 5.69 Å². The molecule has 0 saturated heterocycles. The van der Waals surface area contributed by atoms with Gasteiger partial charge in [-0.05, 0) is 107 Å². The molecule has 0 unspecified atom stereocenters. The van der Waals surface area contributed by atoms with Gasteiger partial charge in [0, 0.05) is 17.2 Å². The number of pyridine rings is 1. The van der Waals surface area contributed by atoms with E-state index in [1.54, 1.807) is 0 Å². The Hall–Kier alpha value is -5.79. The number of hydrogen-bond acceptors (Lipinski definition) is 1. The summed E-state index contributed by atoms with van der Waals surface area (Å²) in [6.07, 6.45) is 9.11. The Balaban J connectivity index is 1.30. The summed E-state index contributed by atoms with van der Waals surface area (Å²) in [6, 6.07) is 54.5. The van der Waals surface area contributed by atoms with Crippen LogP contribution in [0.15, 0.2) is 152 Å². The average Bonchev–Trinajstić information content (AvgIpc) is 3.70. The van der Waals surface area contributed by atoms with Crippen molar-refractivity contribution >= 4 is 21.5 Å². The molecular weight excluding hydrogens is 639 g/mol. The van der Waals surface area contributed by atoms with E-state index in [2.05, 4.69) is 166 Å². The van der Waals surface area contributed by atoms with Crippen LogP contribution in [0.4, 0.5) is 0 Å². The molecule has 7 aromatic carbocycles. The largest absolute Gasteiger partial charge is 0.256 e. The van der Waals surface area contributed by atoms with Gasteiger partial charge in [-0.15, -0.1) is 0 Å². The molecule has 8 aromatic rings. The summed E-state index contributed by atoms with van der Waals surface area (Å²) in [4.78, 5) is 5.18. The fraction of sp³-hybridized carbons (Fsp3) is 0.173. The SMILES string of the molecule is CCCCC1(CCCC)c2ccccc2-c2nccc(-c3ccc4c5c(cccc35)-c3c-4c(-c4ccccc4)c4ccccc4c3-c3ccccc3)c21. The van der Waals surface area contributed by atoms with E-state index in [4.69, 9.17) is 4.98 Å². The predicted molar refractivity (Wildman–Crippen MR) is 225 cm³/mol. The highest BCUT2D eigenvalue weighted by atomic mass is 14.7. The molecule has 0 radical (unpaired) electrons. The summed E-state index contributed by atoms with van der Waals surface area (Å²) in [5, 5.41) is 5.27. The third-order valence-electron chi connectivity index (χ3n) is 12.3. The van der Waals surface area contributed by atoms with Gasteiger partial charge in [-0.3, -0.25) is 4.98 Å². The van der Waals surface area contributed by atoms with Crippen LogP contribution < -0.4 is 0 Å². The molecule has 0 aliphatic heterocycles. The van der Waals surface area contributed by atoms with Crippen molar-refractivity contribution in [2.75, 3.05) is 0 Å². The van der Waals surface area contributed by atoms with Crippen molar-refractivity contribution in [1.29, 1.82) is 0 Å². The zero-order chi connectivity index (χ0) is 35.5. The summed E-state index contributed by atoms with van der Waals surface area (Å²) in [5.74, 6) is 0. The van der Waals surface area contributed by atoms with Crippen molar-refractivity contribution in [3.05, 3.63) is 163 Å². The van der Waals surface area contributed by atoms with Crippen LogP contribution in [-0.4, -0.2) is 4.98 Å². The standard InChI is InChI=1S/C52H43N/c1-3-5-31-52(32-6-4-2)44-27-16-15-24-41(44)51-50(52)40(30-33-53-51)36-28-29-43-47-37(36)25-17-26-42(47)48-45(34-18-9-7-10-19-34)38-22-13-14-23-39(38)46(49(43)48)35-20-11-8-12-21-35/h7-30,33H,3-6,31-32H2,1-2H3. The summed E-state index contributed by atoms with van der Waals surface area (Å²) in [5.41, 5.74) is 18.5. The van der Waals surface area contributed by atoms with Gasteiger partial charge in [0.2, 0.25) is 0 Å². The lowest BCUT2D eigenvalue weighted by atomic mass is 9.69. The second-order valence-corrected chi connectivity index (χ2v) is 15.1. The van der Waals surface area contributed by atoms with Crippen LogP contribution in [0.3, 0.4) is 0 Å². The Bertz CT molecular complexity index is 2580. The van der Waals surface area contributed by atoms with E-state index in [9.17, 15) is 0 Å². The number of fused-ring (bicyclic) bond motifs is 7. The maximum Gasteiger partial charge on any atom is 0.0752 e. The molecule has 1 heteroatoms. The van der Waals surface area contributed by atoms with Crippen molar-refractivity contribution in [2.45, 2.75) is 57.8 Å². The normalized spacial score (nSPS) is 13.3. The zero-order valence-corrected chi connectivity index (χ0v) is 30.6. The molecule has 2 aliphatic carbocycles. The molecule has 1 nitrogen and oxygen atoms in total. The lowest BCUT2D eigenvalue weighted by Crippen LogP contribution is -2.26. The molecule has 1 aromatic heterocycles. The fourth-order valence-corrected chi connectivity index (χ4v) is 10.1. The molecule has 0 N–H and O–H groups in total. The van der Waals surface area contributed by atoms with Gasteiger partial charge in [0.25, 0.3) is 0 Å². The van der Waals surface area contributed by atoms with Crippen molar-refractivity contribution < 1.29 is 0 Å². The number of aromatic nitrogens is 1. The lowest BCUT2D eigenvalue weighted by Gasteiger charge is -2.34. The van der Waals surface area contributed by atoms with Crippen LogP contribution >= 0.6 is 0 Å². The molecule has 0 bridgehead atoms. The molecule has 53 heavy (non-hydrogen) atoms. The van der Waals surface area contributed by atoms with Crippen LogP contribution in [0, 0.1) is 0 Å². The highest BCUT2D eigenvalue weighted by Gasteiger charge is 2.45. The minimum atomic E-state index is -0.0496. The molecule has 10 rings (SSSR count). The van der Waals surface area contributed by atoms with Gasteiger partial charge in [-0.25, -0.2) is 0 Å². The van der Waals surface area contributed by atoms with E-state index in [1.165, 1.54) is 125 Å². The Morgan fingerprint density at radius 2 is 0.962 bits per heavy atom. The van der Waals surface area contributed by atoms with Crippen LogP contribution in [0.1, 0.15) is 63.5 Å². The first-order chi connectivity index (χ1) is 26.2. The molecule has 256 valence electrons. The number of unbranched alkanes of at least 4 members (excludes halogenated alkanes) is 2. The lowest BCUT2D eigenvalue weighted by molar-refractivity contribution is 0.415. The fourth-order valence-electron chi connectivity index (χ4n) is 10.1. The predicted octanol–water partition coefficient (Wildman–Crippen LogP) is 14.7. The van der Waals surface area contributed by atoms with Crippen molar-refractivity contribution in [3.63, 3.8) is 0 Å². The van der Waals surface area contributed by atoms with Crippen molar-refractivity contribution in [3.8, 4) is 66.9 Å². The summed E-state index contributed by atoms with van der Waals surface area (Å²) in [7, 11) is 0. The van der Waals surface area contributed by atoms with Gasteiger partial charge in [-0.2, -0.15) is 0 Å². The van der Waals surface area contributed by atoms with Crippen molar-refractivity contribution in [1.82, 2.24) is 4.98 Å². The summed E-state index contributed by atoms with van der Waals surface area (Å²) < 4.78 is 0.